The van der Waals surface area contributed by atoms with Crippen molar-refractivity contribution in [2.45, 2.75) is 0 Å². The van der Waals surface area contributed by atoms with Crippen molar-refractivity contribution in [3.63, 3.8) is 0 Å². The quantitative estimate of drug-likeness (QED) is 0.156. The predicted molar refractivity (Wildman–Crippen MR) is 268 cm³/mol. The lowest BCUT2D eigenvalue weighted by Crippen LogP contribution is -2.00. The van der Waals surface area contributed by atoms with Crippen LogP contribution in [0.1, 0.15) is 0 Å². The molecule has 5 nitrogen and oxygen atoms in total. The first-order valence-electron chi connectivity index (χ1n) is 21.9. The summed E-state index contributed by atoms with van der Waals surface area (Å²) in [6, 6.07) is 76.3. The summed E-state index contributed by atoms with van der Waals surface area (Å²) in [6.07, 6.45) is 0. The molecule has 0 N–H and O–H groups in total. The SMILES string of the molecule is c1ccc(-c2ccc(-c3nc(-c4ccccc4)nc(-c4cccc(-c5ccc6c(c5)nc(-c5ccc7c8ccccc8c8ccccc8c7c5)c5c7ccccc7oc65)c4)n3)cc2)cc1. The molecule has 0 aliphatic rings. The van der Waals surface area contributed by atoms with Gasteiger partial charge in [-0.2, -0.15) is 0 Å². The third kappa shape index (κ3) is 6.24. The van der Waals surface area contributed by atoms with Crippen LogP contribution in [0.3, 0.4) is 0 Å². The van der Waals surface area contributed by atoms with E-state index in [1.165, 1.54) is 32.3 Å². The summed E-state index contributed by atoms with van der Waals surface area (Å²) in [5.41, 5.74) is 11.5. The second-order valence-corrected chi connectivity index (χ2v) is 16.5. The van der Waals surface area contributed by atoms with Gasteiger partial charge in [-0.25, -0.2) is 19.9 Å². The Morgan fingerprint density at radius 2 is 0.708 bits per heavy atom. The van der Waals surface area contributed by atoms with Crippen LogP contribution < -0.4 is 0 Å². The van der Waals surface area contributed by atoms with Crippen molar-refractivity contribution in [1.82, 2.24) is 19.9 Å². The van der Waals surface area contributed by atoms with Crippen LogP contribution in [0.15, 0.2) is 223 Å². The average Bonchev–Trinajstić information content (AvgIpc) is 3.79. The molecule has 10 aromatic carbocycles. The Balaban J connectivity index is 0.954. The maximum Gasteiger partial charge on any atom is 0.164 e. The molecule has 0 aliphatic carbocycles. The van der Waals surface area contributed by atoms with Crippen molar-refractivity contribution in [2.24, 2.45) is 0 Å². The number of para-hydroxylation sites is 1. The zero-order valence-corrected chi connectivity index (χ0v) is 35.0. The fourth-order valence-electron chi connectivity index (χ4n) is 9.54. The van der Waals surface area contributed by atoms with Gasteiger partial charge >= 0.3 is 0 Å². The zero-order chi connectivity index (χ0) is 42.8. The number of rotatable bonds is 6. The van der Waals surface area contributed by atoms with Gasteiger partial charge in [0.25, 0.3) is 0 Å². The highest BCUT2D eigenvalue weighted by Gasteiger charge is 2.20. The van der Waals surface area contributed by atoms with Crippen LogP contribution in [-0.4, -0.2) is 19.9 Å². The molecule has 0 bridgehead atoms. The van der Waals surface area contributed by atoms with Gasteiger partial charge in [0.15, 0.2) is 17.5 Å². The minimum absolute atomic E-state index is 0.602. The van der Waals surface area contributed by atoms with Crippen LogP contribution in [0.5, 0.6) is 0 Å². The molecule has 5 heteroatoms. The maximum atomic E-state index is 6.73. The van der Waals surface area contributed by atoms with E-state index >= 15 is 0 Å². The summed E-state index contributed by atoms with van der Waals surface area (Å²) >= 11 is 0. The molecule has 3 aromatic heterocycles. The first-order valence-corrected chi connectivity index (χ1v) is 21.9. The van der Waals surface area contributed by atoms with Gasteiger partial charge in [-0.1, -0.05) is 188 Å². The van der Waals surface area contributed by atoms with E-state index in [0.29, 0.717) is 17.5 Å². The Labute approximate surface area is 374 Å². The molecule has 0 fully saturated rings. The number of aromatic nitrogens is 4. The standard InChI is InChI=1S/C60H36N4O/c1-3-14-37(15-4-1)38-26-28-40(29-27-38)59-62-58(39-16-5-2-6-17-39)63-60(64-59)44-19-13-18-41(34-44)42-30-33-50-53(36-42)61-56(55-51-24-11-12-25-54(51)65-57(50)55)43-31-32-49-47-22-8-7-20-45(47)46-21-9-10-23-48(46)52(49)35-43/h1-36H. The summed E-state index contributed by atoms with van der Waals surface area (Å²) in [7, 11) is 0. The fraction of sp³-hybridized carbons (Fsp3) is 0. The van der Waals surface area contributed by atoms with Crippen molar-refractivity contribution in [3.05, 3.63) is 218 Å². The summed E-state index contributed by atoms with van der Waals surface area (Å²) < 4.78 is 6.73. The Morgan fingerprint density at radius 1 is 0.262 bits per heavy atom. The maximum absolute atomic E-state index is 6.73. The fourth-order valence-corrected chi connectivity index (χ4v) is 9.54. The van der Waals surface area contributed by atoms with Gasteiger partial charge in [0, 0.05) is 33.0 Å². The van der Waals surface area contributed by atoms with Crippen LogP contribution in [0.25, 0.3) is 133 Å². The first-order chi connectivity index (χ1) is 32.2. The lowest BCUT2D eigenvalue weighted by Gasteiger charge is -2.13. The van der Waals surface area contributed by atoms with E-state index in [0.717, 1.165) is 83.0 Å². The summed E-state index contributed by atoms with van der Waals surface area (Å²) in [5.74, 6) is 1.84. The molecule has 302 valence electrons. The highest BCUT2D eigenvalue weighted by Crippen LogP contribution is 2.43. The number of hydrogen-bond acceptors (Lipinski definition) is 5. The summed E-state index contributed by atoms with van der Waals surface area (Å²) in [4.78, 5) is 20.7. The summed E-state index contributed by atoms with van der Waals surface area (Å²) in [5, 5.41) is 10.4. The van der Waals surface area contributed by atoms with Gasteiger partial charge in [-0.3, -0.25) is 0 Å². The highest BCUT2D eigenvalue weighted by atomic mass is 16.3. The van der Waals surface area contributed by atoms with Crippen molar-refractivity contribution in [1.29, 1.82) is 0 Å². The third-order valence-electron chi connectivity index (χ3n) is 12.7. The van der Waals surface area contributed by atoms with Gasteiger partial charge in [0.05, 0.1) is 16.6 Å². The van der Waals surface area contributed by atoms with E-state index in [2.05, 4.69) is 170 Å². The second kappa shape index (κ2) is 14.9. The van der Waals surface area contributed by atoms with Gasteiger partial charge in [-0.15, -0.1) is 0 Å². The molecule has 13 rings (SSSR count). The molecule has 0 amide bonds. The predicted octanol–water partition coefficient (Wildman–Crippen LogP) is 15.8. The number of benzene rings is 10. The van der Waals surface area contributed by atoms with E-state index in [1.807, 2.05) is 48.5 Å². The minimum Gasteiger partial charge on any atom is -0.455 e. The number of fused-ring (bicyclic) bond motifs is 11. The van der Waals surface area contributed by atoms with E-state index in [-0.39, 0.29) is 0 Å². The number of nitrogens with zero attached hydrogens (tertiary/aromatic N) is 4. The molecule has 0 unspecified atom stereocenters. The normalized spacial score (nSPS) is 11.7. The van der Waals surface area contributed by atoms with Crippen molar-refractivity contribution in [2.75, 3.05) is 0 Å². The molecular weight excluding hydrogens is 793 g/mol. The second-order valence-electron chi connectivity index (χ2n) is 16.5. The molecule has 0 saturated carbocycles. The van der Waals surface area contributed by atoms with Gasteiger partial charge in [0.1, 0.15) is 11.2 Å². The Bertz CT molecular complexity index is 3960. The molecule has 0 spiro atoms. The molecule has 13 aromatic rings. The number of pyridine rings is 1. The molecular formula is C60H36N4O. The van der Waals surface area contributed by atoms with Crippen LogP contribution in [-0.2, 0) is 0 Å². The van der Waals surface area contributed by atoms with Gasteiger partial charge < -0.3 is 4.42 Å². The monoisotopic (exact) mass is 828 g/mol. The zero-order valence-electron chi connectivity index (χ0n) is 35.0. The highest BCUT2D eigenvalue weighted by molar-refractivity contribution is 6.26. The van der Waals surface area contributed by atoms with E-state index in [1.54, 1.807) is 0 Å². The average molecular weight is 829 g/mol. The molecule has 0 atom stereocenters. The molecule has 0 aliphatic heterocycles. The third-order valence-corrected chi connectivity index (χ3v) is 12.7. The van der Waals surface area contributed by atoms with Crippen LogP contribution in [0.2, 0.25) is 0 Å². The van der Waals surface area contributed by atoms with E-state index in [9.17, 15) is 0 Å². The molecule has 0 saturated heterocycles. The topological polar surface area (TPSA) is 64.7 Å². The molecule has 0 radical (unpaired) electrons. The van der Waals surface area contributed by atoms with Crippen LogP contribution >= 0.6 is 0 Å². The van der Waals surface area contributed by atoms with Gasteiger partial charge in [-0.05, 0) is 84.9 Å². The molecule has 65 heavy (non-hydrogen) atoms. The number of furan rings is 1. The van der Waals surface area contributed by atoms with Gasteiger partial charge in [0.2, 0.25) is 0 Å². The molecule has 3 heterocycles. The smallest absolute Gasteiger partial charge is 0.164 e. The lowest BCUT2D eigenvalue weighted by atomic mass is 9.92. The largest absolute Gasteiger partial charge is 0.455 e. The number of hydrogen-bond donors (Lipinski definition) is 0. The Kier molecular flexibility index (Phi) is 8.46. The Morgan fingerprint density at radius 3 is 1.40 bits per heavy atom. The van der Waals surface area contributed by atoms with Crippen molar-refractivity contribution < 1.29 is 4.42 Å². The van der Waals surface area contributed by atoms with E-state index in [4.69, 9.17) is 24.4 Å². The first kappa shape index (κ1) is 36.8. The van der Waals surface area contributed by atoms with Crippen molar-refractivity contribution in [3.8, 4) is 67.7 Å². The van der Waals surface area contributed by atoms with Crippen LogP contribution in [0.4, 0.5) is 0 Å². The van der Waals surface area contributed by atoms with Crippen molar-refractivity contribution >= 4 is 65.2 Å². The van der Waals surface area contributed by atoms with Crippen LogP contribution in [0, 0.1) is 0 Å². The Hall–Kier alpha value is -8.80. The van der Waals surface area contributed by atoms with E-state index < -0.39 is 0 Å². The lowest BCUT2D eigenvalue weighted by molar-refractivity contribution is 0.672. The summed E-state index contributed by atoms with van der Waals surface area (Å²) in [6.45, 7) is 0. The minimum atomic E-state index is 0.602.